The number of benzene rings is 2. The lowest BCUT2D eigenvalue weighted by molar-refractivity contribution is -0.130. The highest BCUT2D eigenvalue weighted by atomic mass is 16.6. The zero-order chi connectivity index (χ0) is 21.9. The summed E-state index contributed by atoms with van der Waals surface area (Å²) in [7, 11) is 0. The fourth-order valence-corrected chi connectivity index (χ4v) is 4.67. The van der Waals surface area contributed by atoms with E-state index in [9.17, 15) is 9.59 Å². The summed E-state index contributed by atoms with van der Waals surface area (Å²) in [5.74, 6) is -0.103. The number of cyclic esters (lactones) is 1. The minimum atomic E-state index is -0.439. The fraction of sp³-hybridized carbons (Fsp3) is 0.400. The fourth-order valence-electron chi connectivity index (χ4n) is 4.67. The van der Waals surface area contributed by atoms with Crippen molar-refractivity contribution >= 4 is 28.7 Å². The summed E-state index contributed by atoms with van der Waals surface area (Å²) in [6, 6.07) is 14.2. The zero-order valence-electron chi connectivity index (χ0n) is 18.1. The molecule has 5 rings (SSSR count). The number of rotatable bonds is 3. The van der Waals surface area contributed by atoms with Crippen LogP contribution in [0, 0.1) is 0 Å². The van der Waals surface area contributed by atoms with E-state index in [1.54, 1.807) is 6.20 Å². The van der Waals surface area contributed by atoms with E-state index in [2.05, 4.69) is 10.3 Å². The molecule has 0 bridgehead atoms. The molecule has 0 aromatic heterocycles. The van der Waals surface area contributed by atoms with Crippen LogP contribution >= 0.6 is 0 Å². The lowest BCUT2D eigenvalue weighted by atomic mass is 9.96. The van der Waals surface area contributed by atoms with Crippen molar-refractivity contribution in [3.05, 3.63) is 59.9 Å². The molecule has 1 N–H and O–H groups in total. The number of ether oxygens (including phenoxy) is 1. The van der Waals surface area contributed by atoms with Gasteiger partial charge in [-0.3, -0.25) is 0 Å². The summed E-state index contributed by atoms with van der Waals surface area (Å²) in [4.78, 5) is 33.4. The van der Waals surface area contributed by atoms with Crippen LogP contribution in [0.5, 0.6) is 0 Å². The van der Waals surface area contributed by atoms with E-state index in [1.807, 2.05) is 52.3 Å². The van der Waals surface area contributed by atoms with E-state index in [0.717, 1.165) is 29.2 Å². The monoisotopic (exact) mass is 432 g/mol. The average Bonchev–Trinajstić information content (AvgIpc) is 3.19. The Morgan fingerprint density at radius 3 is 2.56 bits per heavy atom. The Bertz CT molecular complexity index is 1070. The molecule has 7 heteroatoms. The molecule has 32 heavy (non-hydrogen) atoms. The molecule has 2 aliphatic heterocycles. The van der Waals surface area contributed by atoms with E-state index >= 15 is 0 Å². The molecular weight excluding hydrogens is 404 g/mol. The van der Waals surface area contributed by atoms with Crippen LogP contribution < -0.4 is 5.32 Å². The van der Waals surface area contributed by atoms with Gasteiger partial charge >= 0.3 is 12.0 Å². The minimum Gasteiger partial charge on any atom is -0.402 e. The molecule has 1 saturated carbocycles. The second kappa shape index (κ2) is 9.02. The van der Waals surface area contributed by atoms with Crippen LogP contribution in [-0.2, 0) is 9.53 Å². The highest BCUT2D eigenvalue weighted by Crippen LogP contribution is 2.24. The predicted molar refractivity (Wildman–Crippen MR) is 123 cm³/mol. The highest BCUT2D eigenvalue weighted by molar-refractivity contribution is 6.16. The Balaban J connectivity index is 1.23. The Morgan fingerprint density at radius 1 is 1.00 bits per heavy atom. The Labute approximate surface area is 187 Å². The SMILES string of the molecule is O=C1OC(c2cccc3ccccc23)=N/C1=C/N1CCN(C(=O)NC2CCCCC2)CC1. The van der Waals surface area contributed by atoms with Gasteiger partial charge in [0.25, 0.3) is 0 Å². The number of nitrogens with one attached hydrogen (secondary N) is 1. The molecule has 0 radical (unpaired) electrons. The second-order valence-electron chi connectivity index (χ2n) is 8.65. The number of hydrogen-bond donors (Lipinski definition) is 1. The maximum absolute atomic E-state index is 12.6. The van der Waals surface area contributed by atoms with Crippen molar-refractivity contribution in [3.63, 3.8) is 0 Å². The molecule has 2 heterocycles. The van der Waals surface area contributed by atoms with Gasteiger partial charge in [0, 0.05) is 44.0 Å². The molecule has 2 aromatic carbocycles. The molecule has 3 aliphatic rings. The number of hydrogen-bond acceptors (Lipinski definition) is 5. The first-order valence-electron chi connectivity index (χ1n) is 11.5. The second-order valence-corrected chi connectivity index (χ2v) is 8.65. The van der Waals surface area contributed by atoms with Crippen LogP contribution in [0.3, 0.4) is 0 Å². The van der Waals surface area contributed by atoms with E-state index in [0.29, 0.717) is 43.8 Å². The van der Waals surface area contributed by atoms with Crippen LogP contribution in [0.1, 0.15) is 37.7 Å². The first kappa shape index (κ1) is 20.5. The van der Waals surface area contributed by atoms with Gasteiger partial charge in [-0.2, -0.15) is 0 Å². The van der Waals surface area contributed by atoms with Gasteiger partial charge in [-0.25, -0.2) is 14.6 Å². The molecule has 2 fully saturated rings. The maximum Gasteiger partial charge on any atom is 0.365 e. The van der Waals surface area contributed by atoms with Gasteiger partial charge < -0.3 is 19.9 Å². The zero-order valence-corrected chi connectivity index (χ0v) is 18.1. The first-order chi connectivity index (χ1) is 15.7. The van der Waals surface area contributed by atoms with Crippen molar-refractivity contribution in [1.29, 1.82) is 0 Å². The van der Waals surface area contributed by atoms with Gasteiger partial charge in [0.1, 0.15) is 0 Å². The summed E-state index contributed by atoms with van der Waals surface area (Å²) in [5.41, 5.74) is 1.11. The third kappa shape index (κ3) is 4.33. The molecule has 166 valence electrons. The number of urea groups is 1. The first-order valence-corrected chi connectivity index (χ1v) is 11.5. The van der Waals surface area contributed by atoms with Gasteiger partial charge in [-0.05, 0) is 29.7 Å². The van der Waals surface area contributed by atoms with Crippen molar-refractivity contribution < 1.29 is 14.3 Å². The van der Waals surface area contributed by atoms with Crippen LogP contribution in [-0.4, -0.2) is 59.9 Å². The molecule has 0 atom stereocenters. The summed E-state index contributed by atoms with van der Waals surface area (Å²) < 4.78 is 5.50. The van der Waals surface area contributed by atoms with Crippen LogP contribution in [0.4, 0.5) is 4.79 Å². The predicted octanol–water partition coefficient (Wildman–Crippen LogP) is 3.64. The number of amides is 2. The van der Waals surface area contributed by atoms with Crippen LogP contribution in [0.2, 0.25) is 0 Å². The standard InChI is InChI=1S/C25H28N4O3/c30-24-22(27-23(32-24)21-12-6-8-18-7-4-5-11-20(18)21)17-28-13-15-29(16-14-28)25(31)26-19-9-2-1-3-10-19/h4-8,11-12,17,19H,1-3,9-10,13-16H2,(H,26,31)/b22-17+. The van der Waals surface area contributed by atoms with Crippen molar-refractivity contribution in [3.8, 4) is 0 Å². The Morgan fingerprint density at radius 2 is 1.75 bits per heavy atom. The molecule has 2 amide bonds. The van der Waals surface area contributed by atoms with E-state index in [1.165, 1.54) is 19.3 Å². The number of esters is 1. The van der Waals surface area contributed by atoms with E-state index < -0.39 is 5.97 Å². The van der Waals surface area contributed by atoms with Crippen LogP contribution in [0.25, 0.3) is 10.8 Å². The van der Waals surface area contributed by atoms with Crippen molar-refractivity contribution in [1.82, 2.24) is 15.1 Å². The molecule has 7 nitrogen and oxygen atoms in total. The lowest BCUT2D eigenvalue weighted by Gasteiger charge is -2.35. The van der Waals surface area contributed by atoms with E-state index in [4.69, 9.17) is 4.74 Å². The third-order valence-corrected chi connectivity index (χ3v) is 6.48. The van der Waals surface area contributed by atoms with Gasteiger partial charge in [-0.1, -0.05) is 55.7 Å². The van der Waals surface area contributed by atoms with Gasteiger partial charge in [0.05, 0.1) is 0 Å². The van der Waals surface area contributed by atoms with Crippen molar-refractivity contribution in [2.75, 3.05) is 26.2 Å². The largest absolute Gasteiger partial charge is 0.402 e. The molecular formula is C25H28N4O3. The summed E-state index contributed by atoms with van der Waals surface area (Å²) in [5, 5.41) is 5.25. The smallest absolute Gasteiger partial charge is 0.365 e. The third-order valence-electron chi connectivity index (χ3n) is 6.48. The summed E-state index contributed by atoms with van der Waals surface area (Å²) in [6.07, 6.45) is 7.59. The normalized spacial score (nSPS) is 21.1. The minimum absolute atomic E-state index is 0.0285. The molecule has 1 aliphatic carbocycles. The van der Waals surface area contributed by atoms with Crippen molar-refractivity contribution in [2.45, 2.75) is 38.1 Å². The van der Waals surface area contributed by atoms with Gasteiger partial charge in [0.2, 0.25) is 5.90 Å². The average molecular weight is 433 g/mol. The Hall–Kier alpha value is -3.35. The molecule has 0 spiro atoms. The molecule has 2 aromatic rings. The maximum atomic E-state index is 12.6. The highest BCUT2D eigenvalue weighted by Gasteiger charge is 2.28. The van der Waals surface area contributed by atoms with Gasteiger partial charge in [-0.15, -0.1) is 0 Å². The quantitative estimate of drug-likeness (QED) is 0.594. The number of carbonyl (C=O) groups is 2. The summed E-state index contributed by atoms with van der Waals surface area (Å²) >= 11 is 0. The topological polar surface area (TPSA) is 74.2 Å². The number of nitrogens with zero attached hydrogens (tertiary/aromatic N) is 3. The summed E-state index contributed by atoms with van der Waals surface area (Å²) in [6.45, 7) is 2.57. The molecule has 1 saturated heterocycles. The Kier molecular flexibility index (Phi) is 5.79. The van der Waals surface area contributed by atoms with Gasteiger partial charge in [0.15, 0.2) is 5.70 Å². The van der Waals surface area contributed by atoms with Crippen LogP contribution in [0.15, 0.2) is 59.4 Å². The number of fused-ring (bicyclic) bond motifs is 1. The molecule has 0 unspecified atom stereocenters. The lowest BCUT2D eigenvalue weighted by Crippen LogP contribution is -2.52. The van der Waals surface area contributed by atoms with Crippen molar-refractivity contribution in [2.24, 2.45) is 4.99 Å². The van der Waals surface area contributed by atoms with E-state index in [-0.39, 0.29) is 6.03 Å². The number of aliphatic imine (C=N–C) groups is 1. The number of carbonyl (C=O) groups excluding carboxylic acids is 2. The number of piperazine rings is 1.